The fraction of sp³-hybridized carbons (Fsp3) is 0.235. The molecule has 0 radical (unpaired) electrons. The minimum absolute atomic E-state index is 0.185. The van der Waals surface area contributed by atoms with E-state index < -0.39 is 17.1 Å². The van der Waals surface area contributed by atoms with Crippen LogP contribution in [0.1, 0.15) is 12.5 Å². The molecule has 0 saturated heterocycles. The summed E-state index contributed by atoms with van der Waals surface area (Å²) < 4.78 is 7.28. The summed E-state index contributed by atoms with van der Waals surface area (Å²) in [5.74, 6) is -0.582. The van der Waals surface area contributed by atoms with Crippen LogP contribution in [0.25, 0.3) is 11.2 Å². The lowest BCUT2D eigenvalue weighted by molar-refractivity contribution is -0.143. The van der Waals surface area contributed by atoms with Crippen LogP contribution in [0.15, 0.2) is 52.4 Å². The van der Waals surface area contributed by atoms with E-state index in [-0.39, 0.29) is 19.7 Å². The molecule has 0 amide bonds. The Morgan fingerprint density at radius 3 is 2.52 bits per heavy atom. The molecule has 0 aromatic carbocycles. The number of aromatic nitrogens is 4. The zero-order valence-electron chi connectivity index (χ0n) is 13.6. The van der Waals surface area contributed by atoms with Gasteiger partial charge in [-0.3, -0.25) is 28.5 Å². The number of ether oxygens (including phenoxy) is 1. The van der Waals surface area contributed by atoms with Crippen molar-refractivity contribution in [2.45, 2.75) is 20.0 Å². The quantitative estimate of drug-likeness (QED) is 0.497. The molecule has 3 aromatic rings. The minimum Gasteiger partial charge on any atom is -0.465 e. The maximum absolute atomic E-state index is 12.6. The van der Waals surface area contributed by atoms with Crippen molar-refractivity contribution in [3.8, 4) is 0 Å². The van der Waals surface area contributed by atoms with E-state index in [9.17, 15) is 14.4 Å². The molecule has 0 N–H and O–H groups in total. The lowest BCUT2D eigenvalue weighted by Crippen LogP contribution is -2.43. The van der Waals surface area contributed by atoms with Gasteiger partial charge in [-0.2, -0.15) is 0 Å². The van der Waals surface area contributed by atoms with E-state index in [1.54, 1.807) is 43.6 Å². The number of rotatable bonds is 5. The van der Waals surface area contributed by atoms with Crippen LogP contribution in [-0.4, -0.2) is 31.7 Å². The summed E-state index contributed by atoms with van der Waals surface area (Å²) in [6.07, 6.45) is 4.75. The first-order valence-electron chi connectivity index (χ1n) is 7.74. The summed E-state index contributed by atoms with van der Waals surface area (Å²) in [5, 5.41) is 0. The molecule has 128 valence electrons. The predicted octanol–water partition coefficient (Wildman–Crippen LogP) is 0.565. The van der Waals surface area contributed by atoms with Crippen molar-refractivity contribution in [1.82, 2.24) is 19.1 Å². The van der Waals surface area contributed by atoms with Gasteiger partial charge < -0.3 is 4.74 Å². The van der Waals surface area contributed by atoms with Crippen molar-refractivity contribution in [1.29, 1.82) is 0 Å². The van der Waals surface area contributed by atoms with Crippen LogP contribution in [0.4, 0.5) is 0 Å². The van der Waals surface area contributed by atoms with Gasteiger partial charge in [-0.15, -0.1) is 0 Å². The predicted molar refractivity (Wildman–Crippen MR) is 90.2 cm³/mol. The highest BCUT2D eigenvalue weighted by Gasteiger charge is 2.16. The van der Waals surface area contributed by atoms with Gasteiger partial charge in [0.1, 0.15) is 6.54 Å². The van der Waals surface area contributed by atoms with E-state index in [0.717, 1.165) is 10.1 Å². The number of carbonyl (C=O) groups excluding carboxylic acids is 1. The average Bonchev–Trinajstić information content (AvgIpc) is 2.63. The first-order chi connectivity index (χ1) is 12.1. The van der Waals surface area contributed by atoms with E-state index >= 15 is 0 Å². The third-order valence-corrected chi connectivity index (χ3v) is 3.67. The Morgan fingerprint density at radius 1 is 1.08 bits per heavy atom. The zero-order chi connectivity index (χ0) is 17.8. The Morgan fingerprint density at radius 2 is 1.80 bits per heavy atom. The number of fused-ring (bicyclic) bond motifs is 1. The average molecular weight is 340 g/mol. The van der Waals surface area contributed by atoms with Crippen LogP contribution in [-0.2, 0) is 22.6 Å². The standard InChI is InChI=1S/C17H16N4O4/c1-2-25-14(22)11-20-13-4-3-7-19-15(13)21(17(24)16(20)23)10-12-5-8-18-9-6-12/h3-9H,2,10-11H2,1H3. The second-order valence-corrected chi connectivity index (χ2v) is 5.29. The van der Waals surface area contributed by atoms with Gasteiger partial charge >= 0.3 is 17.1 Å². The van der Waals surface area contributed by atoms with E-state index in [4.69, 9.17) is 4.74 Å². The molecule has 0 aliphatic rings. The molecule has 0 aliphatic carbocycles. The lowest BCUT2D eigenvalue weighted by atomic mass is 10.2. The molecule has 0 fully saturated rings. The minimum atomic E-state index is -0.789. The largest absolute Gasteiger partial charge is 0.465 e. The topological polar surface area (TPSA) is 96.1 Å². The molecule has 8 heteroatoms. The Hall–Kier alpha value is -3.29. The molecule has 0 aliphatic heterocycles. The maximum Gasteiger partial charge on any atom is 0.326 e. The molecule has 3 rings (SSSR count). The molecule has 3 heterocycles. The van der Waals surface area contributed by atoms with Crippen molar-refractivity contribution in [2.24, 2.45) is 0 Å². The SMILES string of the molecule is CCOC(=O)Cn1c(=O)c(=O)n(Cc2ccncc2)c2ncccc21. The van der Waals surface area contributed by atoms with Crippen LogP contribution in [0, 0.1) is 0 Å². The number of hydrogen-bond acceptors (Lipinski definition) is 6. The Labute approximate surface area is 142 Å². The van der Waals surface area contributed by atoms with Crippen molar-refractivity contribution >= 4 is 17.1 Å². The molecule has 0 atom stereocenters. The molecule has 3 aromatic heterocycles. The number of esters is 1. The third-order valence-electron chi connectivity index (χ3n) is 3.67. The molecule has 0 bridgehead atoms. The highest BCUT2D eigenvalue weighted by Crippen LogP contribution is 2.09. The van der Waals surface area contributed by atoms with Crippen molar-refractivity contribution in [3.05, 3.63) is 69.1 Å². The van der Waals surface area contributed by atoms with Crippen LogP contribution in [0.5, 0.6) is 0 Å². The van der Waals surface area contributed by atoms with Crippen LogP contribution in [0.3, 0.4) is 0 Å². The molecule has 25 heavy (non-hydrogen) atoms. The lowest BCUT2D eigenvalue weighted by Gasteiger charge is -2.13. The van der Waals surface area contributed by atoms with E-state index in [2.05, 4.69) is 9.97 Å². The van der Waals surface area contributed by atoms with Gasteiger partial charge in [0.05, 0.1) is 18.7 Å². The fourth-order valence-corrected chi connectivity index (χ4v) is 2.55. The third kappa shape index (κ3) is 3.32. The Bertz CT molecular complexity index is 1020. The van der Waals surface area contributed by atoms with Gasteiger partial charge in [-0.05, 0) is 36.8 Å². The zero-order valence-corrected chi connectivity index (χ0v) is 13.6. The van der Waals surface area contributed by atoms with E-state index in [1.165, 1.54) is 10.8 Å². The van der Waals surface area contributed by atoms with Crippen LogP contribution < -0.4 is 11.1 Å². The maximum atomic E-state index is 12.6. The number of carbonyl (C=O) groups is 1. The summed E-state index contributed by atoms with van der Waals surface area (Å²) in [5.41, 5.74) is 0.00364. The normalized spacial score (nSPS) is 10.8. The molecule has 8 nitrogen and oxygen atoms in total. The van der Waals surface area contributed by atoms with E-state index in [1.807, 2.05) is 0 Å². The smallest absolute Gasteiger partial charge is 0.326 e. The van der Waals surface area contributed by atoms with Gasteiger partial charge in [-0.1, -0.05) is 0 Å². The van der Waals surface area contributed by atoms with Gasteiger partial charge in [-0.25, -0.2) is 4.98 Å². The summed E-state index contributed by atoms with van der Waals surface area (Å²) in [7, 11) is 0. The first kappa shape index (κ1) is 16.6. The Kier molecular flexibility index (Phi) is 4.69. The van der Waals surface area contributed by atoms with Crippen LogP contribution in [0.2, 0.25) is 0 Å². The van der Waals surface area contributed by atoms with Gasteiger partial charge in [0.2, 0.25) is 0 Å². The Balaban J connectivity index is 2.17. The number of pyridine rings is 2. The van der Waals surface area contributed by atoms with Crippen molar-refractivity contribution < 1.29 is 9.53 Å². The summed E-state index contributed by atoms with van der Waals surface area (Å²) in [6, 6.07) is 6.80. The van der Waals surface area contributed by atoms with Crippen molar-refractivity contribution in [3.63, 3.8) is 0 Å². The highest BCUT2D eigenvalue weighted by atomic mass is 16.5. The molecule has 0 saturated carbocycles. The second kappa shape index (κ2) is 7.08. The molecular formula is C17H16N4O4. The first-order valence-corrected chi connectivity index (χ1v) is 7.74. The highest BCUT2D eigenvalue weighted by molar-refractivity contribution is 5.75. The van der Waals surface area contributed by atoms with Gasteiger partial charge in [0.15, 0.2) is 5.65 Å². The van der Waals surface area contributed by atoms with Crippen LogP contribution >= 0.6 is 0 Å². The monoisotopic (exact) mass is 340 g/mol. The van der Waals surface area contributed by atoms with Crippen molar-refractivity contribution in [2.75, 3.05) is 6.61 Å². The summed E-state index contributed by atoms with van der Waals surface area (Å²) in [6.45, 7) is 1.72. The fourth-order valence-electron chi connectivity index (χ4n) is 2.55. The van der Waals surface area contributed by atoms with E-state index in [0.29, 0.717) is 11.2 Å². The molecule has 0 spiro atoms. The number of hydrogen-bond donors (Lipinski definition) is 0. The number of nitrogens with zero attached hydrogens (tertiary/aromatic N) is 4. The van der Waals surface area contributed by atoms with Gasteiger partial charge in [0, 0.05) is 18.6 Å². The second-order valence-electron chi connectivity index (χ2n) is 5.29. The summed E-state index contributed by atoms with van der Waals surface area (Å²) >= 11 is 0. The summed E-state index contributed by atoms with van der Waals surface area (Å²) in [4.78, 5) is 45.0. The van der Waals surface area contributed by atoms with Gasteiger partial charge in [0.25, 0.3) is 0 Å². The molecule has 0 unspecified atom stereocenters. The molecular weight excluding hydrogens is 324 g/mol.